The summed E-state index contributed by atoms with van der Waals surface area (Å²) in [5, 5.41) is -0.476. The minimum atomic E-state index is -5.01. The molecule has 3 fully saturated rings. The number of methoxy groups -OCH3 is 2. The lowest BCUT2D eigenvalue weighted by Gasteiger charge is -2.55. The molecule has 0 radical (unpaired) electrons. The number of halogens is 4. The van der Waals surface area contributed by atoms with Gasteiger partial charge in [-0.1, -0.05) is 17.7 Å². The summed E-state index contributed by atoms with van der Waals surface area (Å²) in [7, 11) is -0.0695. The van der Waals surface area contributed by atoms with Gasteiger partial charge in [0.2, 0.25) is 5.95 Å². The van der Waals surface area contributed by atoms with Crippen LogP contribution in [0.25, 0.3) is 0 Å². The molecule has 3 aromatic rings. The highest BCUT2D eigenvalue weighted by molar-refractivity contribution is 7.92. The van der Waals surface area contributed by atoms with Gasteiger partial charge in [-0.2, -0.15) is 4.39 Å². The summed E-state index contributed by atoms with van der Waals surface area (Å²) >= 11 is 6.50. The normalized spacial score (nSPS) is 22.2. The lowest BCUT2D eigenvalue weighted by atomic mass is 9.54. The summed E-state index contributed by atoms with van der Waals surface area (Å²) in [4.78, 5) is 6.63. The van der Waals surface area contributed by atoms with Crippen LogP contribution in [-0.2, 0) is 16.6 Å². The highest BCUT2D eigenvalue weighted by atomic mass is 35.5. The Bertz CT molecular complexity index is 1690. The highest BCUT2D eigenvalue weighted by Crippen LogP contribution is 2.58. The molecule has 2 aliphatic heterocycles. The zero-order valence-electron chi connectivity index (χ0n) is 24.7. The number of sulfonamides is 1. The van der Waals surface area contributed by atoms with Crippen molar-refractivity contribution in [2.24, 2.45) is 17.3 Å². The van der Waals surface area contributed by atoms with Crippen molar-refractivity contribution < 1.29 is 31.1 Å². The van der Waals surface area contributed by atoms with Crippen molar-refractivity contribution >= 4 is 33.1 Å². The lowest BCUT2D eigenvalue weighted by Crippen LogP contribution is -2.56. The van der Waals surface area contributed by atoms with Gasteiger partial charge >= 0.3 is 0 Å². The summed E-state index contributed by atoms with van der Waals surface area (Å²) in [6.07, 6.45) is 3.08. The quantitative estimate of drug-likeness (QED) is 0.216. The van der Waals surface area contributed by atoms with Gasteiger partial charge in [-0.05, 0) is 67.8 Å². The van der Waals surface area contributed by atoms with Crippen molar-refractivity contribution in [3.63, 3.8) is 0 Å². The number of hydrogen-bond donors (Lipinski definition) is 0. The molecule has 1 aliphatic carbocycles. The van der Waals surface area contributed by atoms with Crippen LogP contribution in [-0.4, -0.2) is 65.7 Å². The van der Waals surface area contributed by atoms with Gasteiger partial charge in [0.15, 0.2) is 10.7 Å². The van der Waals surface area contributed by atoms with E-state index in [0.29, 0.717) is 40.5 Å². The fourth-order valence-corrected chi connectivity index (χ4v) is 9.01. The Labute approximate surface area is 260 Å². The van der Waals surface area contributed by atoms with E-state index in [1.54, 1.807) is 12.1 Å². The van der Waals surface area contributed by atoms with Gasteiger partial charge in [-0.15, -0.1) is 0 Å². The number of ether oxygens (including phenoxy) is 2. The molecule has 0 bridgehead atoms. The minimum Gasteiger partial charge on any atom is -0.497 e. The minimum absolute atomic E-state index is 0.0736. The third-order valence-corrected chi connectivity index (χ3v) is 11.7. The number of benzene rings is 2. The smallest absolute Gasteiger partial charge is 0.271 e. The van der Waals surface area contributed by atoms with Crippen molar-refractivity contribution in [3.05, 3.63) is 70.6 Å². The first-order chi connectivity index (χ1) is 21.0. The van der Waals surface area contributed by atoms with Gasteiger partial charge < -0.3 is 19.3 Å². The fourth-order valence-electron chi connectivity index (χ4n) is 7.17. The summed E-state index contributed by atoms with van der Waals surface area (Å²) in [5.41, 5.74) is 0.521. The number of hydrogen-bond acceptors (Lipinski definition) is 7. The average Bonchev–Trinajstić information content (AvgIpc) is 3.44. The highest BCUT2D eigenvalue weighted by Gasteiger charge is 2.55. The van der Waals surface area contributed by atoms with Crippen LogP contribution in [0, 0.1) is 34.8 Å². The SMILES string of the molecule is COc1ccc(CN(c2cccc(F)n2)S(=O)(=O)c2c(F)cc(N3CCC4(CCC4C4CN(C)C4)C3)c(Cl)c2F)c(OC)c1. The summed E-state index contributed by atoms with van der Waals surface area (Å²) in [6, 6.07) is 9.17. The monoisotopic (exact) mass is 650 g/mol. The predicted octanol–water partition coefficient (Wildman–Crippen LogP) is 5.73. The third-order valence-electron chi connectivity index (χ3n) is 9.54. The number of pyridine rings is 1. The van der Waals surface area contributed by atoms with Crippen molar-refractivity contribution in [2.45, 2.75) is 30.7 Å². The Hall–Kier alpha value is -3.22. The van der Waals surface area contributed by atoms with Crippen LogP contribution in [0.3, 0.4) is 0 Å². The number of anilines is 2. The van der Waals surface area contributed by atoms with Gasteiger partial charge in [0.25, 0.3) is 10.0 Å². The van der Waals surface area contributed by atoms with Crippen LogP contribution >= 0.6 is 11.6 Å². The first-order valence-corrected chi connectivity index (χ1v) is 16.3. The lowest BCUT2D eigenvalue weighted by molar-refractivity contribution is -0.0535. The van der Waals surface area contributed by atoms with E-state index >= 15 is 8.78 Å². The summed E-state index contributed by atoms with van der Waals surface area (Å²) < 4.78 is 85.6. The first-order valence-electron chi connectivity index (χ1n) is 14.4. The molecule has 13 heteroatoms. The van der Waals surface area contributed by atoms with Crippen LogP contribution in [0.1, 0.15) is 24.8 Å². The molecular weight excluding hydrogens is 617 g/mol. The molecule has 8 nitrogen and oxygen atoms in total. The molecule has 2 atom stereocenters. The van der Waals surface area contributed by atoms with E-state index in [1.165, 1.54) is 32.4 Å². The Morgan fingerprint density at radius 3 is 2.50 bits per heavy atom. The Morgan fingerprint density at radius 1 is 1.09 bits per heavy atom. The second kappa shape index (κ2) is 11.6. The molecule has 2 saturated heterocycles. The average molecular weight is 651 g/mol. The van der Waals surface area contributed by atoms with E-state index in [9.17, 15) is 12.8 Å². The van der Waals surface area contributed by atoms with E-state index < -0.39 is 44.1 Å². The van der Waals surface area contributed by atoms with Crippen molar-refractivity contribution in [1.29, 1.82) is 0 Å². The maximum Gasteiger partial charge on any atom is 0.271 e. The van der Waals surface area contributed by atoms with Gasteiger partial charge in [0.1, 0.15) is 28.2 Å². The Balaban J connectivity index is 1.35. The molecule has 44 heavy (non-hydrogen) atoms. The van der Waals surface area contributed by atoms with Gasteiger partial charge in [-0.25, -0.2) is 26.5 Å². The van der Waals surface area contributed by atoms with Crippen molar-refractivity contribution in [2.75, 3.05) is 56.7 Å². The molecule has 2 aromatic carbocycles. The molecule has 0 N–H and O–H groups in total. The zero-order valence-corrected chi connectivity index (χ0v) is 26.3. The van der Waals surface area contributed by atoms with E-state index in [4.69, 9.17) is 21.1 Å². The molecule has 3 heterocycles. The van der Waals surface area contributed by atoms with Crippen LogP contribution in [0.4, 0.5) is 24.7 Å². The molecule has 236 valence electrons. The van der Waals surface area contributed by atoms with E-state index in [1.807, 2.05) is 4.90 Å². The number of nitrogens with zero attached hydrogens (tertiary/aromatic N) is 4. The molecular formula is C31H34ClF3N4O4S. The number of rotatable bonds is 9. The Morgan fingerprint density at radius 2 is 1.86 bits per heavy atom. The number of aromatic nitrogens is 1. The first kappa shape index (κ1) is 30.8. The maximum absolute atomic E-state index is 16.1. The molecule has 6 rings (SSSR count). The molecule has 2 unspecified atom stereocenters. The topological polar surface area (TPSA) is 75.2 Å². The van der Waals surface area contributed by atoms with Crippen LogP contribution in [0.5, 0.6) is 11.5 Å². The summed E-state index contributed by atoms with van der Waals surface area (Å²) in [6.45, 7) is 2.82. The second-order valence-electron chi connectivity index (χ2n) is 12.0. The predicted molar refractivity (Wildman–Crippen MR) is 161 cm³/mol. The van der Waals surface area contributed by atoms with Crippen molar-refractivity contribution in [3.8, 4) is 11.5 Å². The second-order valence-corrected chi connectivity index (χ2v) is 14.2. The molecule has 1 aromatic heterocycles. The Kier molecular flexibility index (Phi) is 8.13. The van der Waals surface area contributed by atoms with E-state index in [-0.39, 0.29) is 22.7 Å². The maximum atomic E-state index is 16.1. The van der Waals surface area contributed by atoms with Crippen molar-refractivity contribution in [1.82, 2.24) is 9.88 Å². The van der Waals surface area contributed by atoms with Crippen LogP contribution < -0.4 is 18.7 Å². The molecule has 1 saturated carbocycles. The number of likely N-dealkylation sites (tertiary alicyclic amines) is 1. The van der Waals surface area contributed by atoms with Gasteiger partial charge in [0, 0.05) is 43.9 Å². The molecule has 0 amide bonds. The standard InChI is InChI=1S/C31H34ClF3N4O4S/c1-37-15-20(16-37)22-9-10-31(22)11-12-38(18-31)24-14-23(33)30(29(35)28(24)32)44(40,41)39(27-6-4-5-26(34)36-27)17-19-7-8-21(42-2)13-25(19)43-3/h4-8,13-14,20,22H,9-12,15-18H2,1-3H3. The molecule has 3 aliphatic rings. The fraction of sp³-hybridized carbons (Fsp3) is 0.452. The molecule has 1 spiro atoms. The van der Waals surface area contributed by atoms with Gasteiger partial charge in [-0.3, -0.25) is 0 Å². The van der Waals surface area contributed by atoms with Crippen LogP contribution in [0.15, 0.2) is 47.4 Å². The van der Waals surface area contributed by atoms with E-state index in [2.05, 4.69) is 16.9 Å². The summed E-state index contributed by atoms with van der Waals surface area (Å²) in [5.74, 6) is -2.17. The third kappa shape index (κ3) is 5.24. The van der Waals surface area contributed by atoms with Crippen LogP contribution in [0.2, 0.25) is 5.02 Å². The zero-order chi connectivity index (χ0) is 31.4. The largest absolute Gasteiger partial charge is 0.497 e. The van der Waals surface area contributed by atoms with E-state index in [0.717, 1.165) is 44.5 Å². The van der Waals surface area contributed by atoms with Gasteiger partial charge in [0.05, 0.1) is 26.5 Å².